The molecule has 0 bridgehead atoms. The van der Waals surface area contributed by atoms with E-state index < -0.39 is 22.0 Å². The number of hydrogen-bond donors (Lipinski definition) is 1. The van der Waals surface area contributed by atoms with Crippen LogP contribution in [0.3, 0.4) is 0 Å². The van der Waals surface area contributed by atoms with Crippen molar-refractivity contribution in [3.05, 3.63) is 85.5 Å². The molecule has 3 aromatic carbocycles. The molecule has 8 nitrogen and oxygen atoms in total. The van der Waals surface area contributed by atoms with Gasteiger partial charge >= 0.3 is 0 Å². The molecule has 1 N–H and O–H groups in total. The van der Waals surface area contributed by atoms with Crippen LogP contribution in [0.5, 0.6) is 17.2 Å². The fourth-order valence-corrected chi connectivity index (χ4v) is 4.93. The van der Waals surface area contributed by atoms with E-state index in [4.69, 9.17) is 14.2 Å². The van der Waals surface area contributed by atoms with Gasteiger partial charge in [-0.3, -0.25) is 9.10 Å². The third-order valence-corrected chi connectivity index (χ3v) is 6.96. The van der Waals surface area contributed by atoms with Gasteiger partial charge in [0.2, 0.25) is 0 Å². The van der Waals surface area contributed by atoms with Gasteiger partial charge in [-0.1, -0.05) is 24.8 Å². The molecule has 34 heavy (non-hydrogen) atoms. The average Bonchev–Trinajstić information content (AvgIpc) is 2.87. The minimum atomic E-state index is -3.96. The highest BCUT2D eigenvalue weighted by Gasteiger charge is 2.37. The maximum Gasteiger partial charge on any atom is 0.267 e. The summed E-state index contributed by atoms with van der Waals surface area (Å²) in [5.41, 5.74) is 0.897. The Morgan fingerprint density at radius 3 is 2.44 bits per heavy atom. The zero-order valence-corrected chi connectivity index (χ0v) is 19.3. The smallest absolute Gasteiger partial charge is 0.267 e. The molecule has 0 fully saturated rings. The van der Waals surface area contributed by atoms with Crippen molar-refractivity contribution >= 4 is 27.3 Å². The van der Waals surface area contributed by atoms with Crippen LogP contribution in [0.25, 0.3) is 0 Å². The molecule has 0 unspecified atom stereocenters. The van der Waals surface area contributed by atoms with E-state index in [-0.39, 0.29) is 11.4 Å². The Morgan fingerprint density at radius 1 is 1.09 bits per heavy atom. The first-order chi connectivity index (χ1) is 16.4. The van der Waals surface area contributed by atoms with Gasteiger partial charge in [0.05, 0.1) is 24.2 Å². The molecule has 0 radical (unpaired) electrons. The van der Waals surface area contributed by atoms with Crippen molar-refractivity contribution in [2.45, 2.75) is 11.0 Å². The van der Waals surface area contributed by atoms with E-state index in [9.17, 15) is 13.2 Å². The first-order valence-electron chi connectivity index (χ1n) is 10.5. The lowest BCUT2D eigenvalue weighted by Crippen LogP contribution is -2.48. The second kappa shape index (κ2) is 9.88. The lowest BCUT2D eigenvalue weighted by molar-refractivity contribution is -0.122. The quantitative estimate of drug-likeness (QED) is 0.492. The fourth-order valence-electron chi connectivity index (χ4n) is 3.45. The number of benzene rings is 3. The maximum atomic E-state index is 13.5. The summed E-state index contributed by atoms with van der Waals surface area (Å²) in [7, 11) is -2.45. The Kier molecular flexibility index (Phi) is 6.74. The van der Waals surface area contributed by atoms with Crippen LogP contribution < -0.4 is 23.8 Å². The lowest BCUT2D eigenvalue weighted by Gasteiger charge is -2.34. The molecule has 176 valence electrons. The number of rotatable bonds is 8. The van der Waals surface area contributed by atoms with Crippen LogP contribution in [0.4, 0.5) is 11.4 Å². The van der Waals surface area contributed by atoms with Crippen molar-refractivity contribution in [3.8, 4) is 17.2 Å². The van der Waals surface area contributed by atoms with Gasteiger partial charge in [0, 0.05) is 5.69 Å². The molecule has 0 aromatic heterocycles. The van der Waals surface area contributed by atoms with Gasteiger partial charge in [-0.15, -0.1) is 0 Å². The molecule has 1 aliphatic rings. The summed E-state index contributed by atoms with van der Waals surface area (Å²) in [5, 5.41) is 2.77. The average molecular weight is 481 g/mol. The number of nitrogens with one attached hydrogen (secondary N) is 1. The number of fused-ring (bicyclic) bond motifs is 1. The highest BCUT2D eigenvalue weighted by molar-refractivity contribution is 7.92. The van der Waals surface area contributed by atoms with Crippen molar-refractivity contribution in [2.75, 3.05) is 29.9 Å². The standard InChI is InChI=1S/C25H24N2O6S/c1-3-16-32-20-10-8-18(9-11-20)26-25(28)24-17-27(22-6-4-5-7-23(22)33-24)34(29,30)21-14-12-19(31-2)13-15-21/h3-15,24H,1,16-17H2,2H3,(H,26,28)/t24-/m1/s1. The molecule has 0 aliphatic carbocycles. The minimum absolute atomic E-state index is 0.0827. The maximum absolute atomic E-state index is 13.5. The number of nitrogens with zero attached hydrogens (tertiary/aromatic N) is 1. The number of methoxy groups -OCH3 is 1. The predicted molar refractivity (Wildman–Crippen MR) is 129 cm³/mol. The first kappa shape index (κ1) is 23.2. The van der Waals surface area contributed by atoms with Gasteiger partial charge < -0.3 is 19.5 Å². The lowest BCUT2D eigenvalue weighted by atomic mass is 10.2. The molecule has 1 aliphatic heterocycles. The highest BCUT2D eigenvalue weighted by Crippen LogP contribution is 2.37. The van der Waals surface area contributed by atoms with Gasteiger partial charge in [-0.25, -0.2) is 8.42 Å². The summed E-state index contributed by atoms with van der Waals surface area (Å²) in [5.74, 6) is 1.01. The molecule has 1 atom stereocenters. The normalized spacial score (nSPS) is 15.0. The third-order valence-electron chi connectivity index (χ3n) is 5.16. The third kappa shape index (κ3) is 4.84. The number of hydrogen-bond acceptors (Lipinski definition) is 6. The van der Waals surface area contributed by atoms with E-state index in [2.05, 4.69) is 11.9 Å². The van der Waals surface area contributed by atoms with Crippen molar-refractivity contribution in [1.29, 1.82) is 0 Å². The predicted octanol–water partition coefficient (Wildman–Crippen LogP) is 3.86. The van der Waals surface area contributed by atoms with Gasteiger partial charge in [-0.05, 0) is 60.7 Å². The van der Waals surface area contributed by atoms with Crippen LogP contribution in [-0.4, -0.2) is 40.7 Å². The number of carbonyl (C=O) groups is 1. The molecular weight excluding hydrogens is 456 g/mol. The Labute approximate surface area is 198 Å². The van der Waals surface area contributed by atoms with Crippen molar-refractivity contribution in [1.82, 2.24) is 0 Å². The SMILES string of the molecule is C=CCOc1ccc(NC(=O)[C@H]2CN(S(=O)(=O)c3ccc(OC)cc3)c3ccccc3O2)cc1. The Balaban J connectivity index is 1.57. The van der Waals surface area contributed by atoms with E-state index in [0.29, 0.717) is 35.2 Å². The summed E-state index contributed by atoms with van der Waals surface area (Å²) in [4.78, 5) is 13.1. The summed E-state index contributed by atoms with van der Waals surface area (Å²) in [6, 6.07) is 19.6. The van der Waals surface area contributed by atoms with E-state index in [1.807, 2.05) is 0 Å². The Morgan fingerprint density at radius 2 is 1.76 bits per heavy atom. The van der Waals surface area contributed by atoms with Gasteiger partial charge in [0.1, 0.15) is 23.9 Å². The van der Waals surface area contributed by atoms with E-state index in [0.717, 1.165) is 0 Å². The number of ether oxygens (including phenoxy) is 3. The van der Waals surface area contributed by atoms with Gasteiger partial charge in [0.25, 0.3) is 15.9 Å². The van der Waals surface area contributed by atoms with Crippen molar-refractivity contribution in [3.63, 3.8) is 0 Å². The molecule has 1 amide bonds. The van der Waals surface area contributed by atoms with Gasteiger partial charge in [-0.2, -0.15) is 0 Å². The van der Waals surface area contributed by atoms with Crippen LogP contribution >= 0.6 is 0 Å². The first-order valence-corrected chi connectivity index (χ1v) is 11.9. The van der Waals surface area contributed by atoms with Crippen LogP contribution in [-0.2, 0) is 14.8 Å². The van der Waals surface area contributed by atoms with Crippen LogP contribution in [0, 0.1) is 0 Å². The van der Waals surface area contributed by atoms with Crippen LogP contribution in [0.2, 0.25) is 0 Å². The zero-order chi connectivity index (χ0) is 24.1. The monoisotopic (exact) mass is 480 g/mol. The second-order valence-electron chi connectivity index (χ2n) is 7.40. The fraction of sp³-hybridized carbons (Fsp3) is 0.160. The summed E-state index contributed by atoms with van der Waals surface area (Å²) in [6.07, 6.45) is 0.583. The molecule has 1 heterocycles. The molecule has 0 spiro atoms. The number of carbonyl (C=O) groups excluding carboxylic acids is 1. The van der Waals surface area contributed by atoms with E-state index >= 15 is 0 Å². The number of amides is 1. The zero-order valence-electron chi connectivity index (χ0n) is 18.5. The van der Waals surface area contributed by atoms with E-state index in [1.165, 1.54) is 23.5 Å². The van der Waals surface area contributed by atoms with Crippen LogP contribution in [0.1, 0.15) is 0 Å². The molecule has 0 saturated heterocycles. The number of para-hydroxylation sites is 2. The molecule has 9 heteroatoms. The topological polar surface area (TPSA) is 94.2 Å². The Hall–Kier alpha value is -3.98. The molecular formula is C25H24N2O6S. The highest BCUT2D eigenvalue weighted by atomic mass is 32.2. The molecule has 0 saturated carbocycles. The second-order valence-corrected chi connectivity index (χ2v) is 9.26. The van der Waals surface area contributed by atoms with Crippen LogP contribution in [0.15, 0.2) is 90.3 Å². The number of anilines is 2. The van der Waals surface area contributed by atoms with Crippen molar-refractivity contribution in [2.24, 2.45) is 0 Å². The Bertz CT molecular complexity index is 1270. The summed E-state index contributed by atoms with van der Waals surface area (Å²) >= 11 is 0. The summed E-state index contributed by atoms with van der Waals surface area (Å²) < 4.78 is 44.6. The largest absolute Gasteiger partial charge is 0.497 e. The molecule has 3 aromatic rings. The van der Waals surface area contributed by atoms with E-state index in [1.54, 1.807) is 66.7 Å². The van der Waals surface area contributed by atoms with Gasteiger partial charge in [0.15, 0.2) is 6.10 Å². The number of sulfonamides is 1. The minimum Gasteiger partial charge on any atom is -0.497 e. The van der Waals surface area contributed by atoms with Crippen molar-refractivity contribution < 1.29 is 27.4 Å². The summed E-state index contributed by atoms with van der Waals surface area (Å²) in [6.45, 7) is 3.79. The molecule has 4 rings (SSSR count).